The van der Waals surface area contributed by atoms with E-state index >= 15 is 8.78 Å². The molecule has 1 N–H and O–H groups in total. The molecule has 1 aliphatic rings. The number of amides is 1. The van der Waals surface area contributed by atoms with E-state index in [0.29, 0.717) is 4.47 Å². The fourth-order valence-electron chi connectivity index (χ4n) is 3.25. The number of fused-ring (bicyclic) bond motifs is 1. The second kappa shape index (κ2) is 6.57. The Hall–Kier alpha value is -3.10. The van der Waals surface area contributed by atoms with E-state index in [-0.39, 0.29) is 16.8 Å². The number of anilines is 1. The molecule has 1 amide bonds. The van der Waals surface area contributed by atoms with Gasteiger partial charge in [0, 0.05) is 21.3 Å². The molecule has 8 heteroatoms. The molecule has 1 aliphatic heterocycles. The number of nitrogens with one attached hydrogen (secondary N) is 1. The van der Waals surface area contributed by atoms with Crippen LogP contribution in [0.4, 0.5) is 14.5 Å². The molecule has 0 radical (unpaired) electrons. The number of alkyl halides is 2. The normalized spacial score (nSPS) is 18.4. The van der Waals surface area contributed by atoms with E-state index in [1.165, 1.54) is 54.6 Å². The minimum absolute atomic E-state index is 0.0271. The Labute approximate surface area is 161 Å². The smallest absolute Gasteiger partial charge is 0.325 e. The third kappa shape index (κ3) is 2.53. The van der Waals surface area contributed by atoms with Gasteiger partial charge in [-0.3, -0.25) is 9.59 Å². The van der Waals surface area contributed by atoms with Crippen LogP contribution in [-0.2, 0) is 10.2 Å². The largest absolute Gasteiger partial charge is 0.330 e. The first-order valence-electron chi connectivity index (χ1n) is 7.69. The van der Waals surface area contributed by atoms with Crippen molar-refractivity contribution in [1.29, 1.82) is 10.5 Å². The Kier molecular flexibility index (Phi) is 4.54. The first-order chi connectivity index (χ1) is 12.8. The van der Waals surface area contributed by atoms with Crippen LogP contribution in [0.15, 0.2) is 53.0 Å². The SMILES string of the molecule is N#CC(C#N)[C@]1(C(F)(F)C(=O)c2ccccc2)C(=O)Nc2ccc(Br)cc21. The molecule has 5 nitrogen and oxygen atoms in total. The molecule has 0 aliphatic carbocycles. The van der Waals surface area contributed by atoms with Gasteiger partial charge >= 0.3 is 5.92 Å². The minimum Gasteiger partial charge on any atom is -0.325 e. The zero-order valence-corrected chi connectivity index (χ0v) is 15.1. The molecule has 1 heterocycles. The van der Waals surface area contributed by atoms with Gasteiger partial charge in [0.1, 0.15) is 0 Å². The highest BCUT2D eigenvalue weighted by Gasteiger charge is 2.71. The van der Waals surface area contributed by atoms with Crippen LogP contribution in [0.25, 0.3) is 0 Å². The van der Waals surface area contributed by atoms with E-state index < -0.39 is 28.9 Å². The zero-order valence-electron chi connectivity index (χ0n) is 13.5. The van der Waals surface area contributed by atoms with Crippen molar-refractivity contribution in [3.05, 3.63) is 64.1 Å². The van der Waals surface area contributed by atoms with Crippen LogP contribution < -0.4 is 5.32 Å². The van der Waals surface area contributed by atoms with Gasteiger partial charge in [0.2, 0.25) is 11.7 Å². The number of carbonyl (C=O) groups excluding carboxylic acids is 2. The van der Waals surface area contributed by atoms with Gasteiger partial charge in [0.25, 0.3) is 0 Å². The minimum atomic E-state index is -4.35. The number of halogens is 3. The van der Waals surface area contributed by atoms with Crippen LogP contribution in [0, 0.1) is 28.6 Å². The molecule has 0 aromatic heterocycles. The average Bonchev–Trinajstić information content (AvgIpc) is 2.96. The highest BCUT2D eigenvalue weighted by molar-refractivity contribution is 9.10. The van der Waals surface area contributed by atoms with Crippen LogP contribution >= 0.6 is 15.9 Å². The molecule has 0 spiro atoms. The first kappa shape index (κ1) is 18.7. The highest BCUT2D eigenvalue weighted by atomic mass is 79.9. The number of hydrogen-bond acceptors (Lipinski definition) is 4. The van der Waals surface area contributed by atoms with Gasteiger partial charge in [-0.1, -0.05) is 46.3 Å². The highest BCUT2D eigenvalue weighted by Crippen LogP contribution is 2.53. The summed E-state index contributed by atoms with van der Waals surface area (Å²) < 4.78 is 31.6. The van der Waals surface area contributed by atoms with Gasteiger partial charge in [0.05, 0.1) is 12.1 Å². The Balaban J connectivity index is 2.33. The zero-order chi connectivity index (χ0) is 19.8. The van der Waals surface area contributed by atoms with E-state index in [1.54, 1.807) is 6.07 Å². The van der Waals surface area contributed by atoms with Crippen molar-refractivity contribution in [2.75, 3.05) is 5.32 Å². The molecule has 27 heavy (non-hydrogen) atoms. The van der Waals surface area contributed by atoms with Gasteiger partial charge in [-0.15, -0.1) is 0 Å². The third-order valence-electron chi connectivity index (χ3n) is 4.52. The van der Waals surface area contributed by atoms with Crippen molar-refractivity contribution in [2.45, 2.75) is 11.3 Å². The number of rotatable bonds is 4. The summed E-state index contributed by atoms with van der Waals surface area (Å²) in [6, 6.07) is 13.8. The van der Waals surface area contributed by atoms with Gasteiger partial charge in [-0.05, 0) is 18.2 Å². The number of benzene rings is 2. The predicted molar refractivity (Wildman–Crippen MR) is 94.9 cm³/mol. The van der Waals surface area contributed by atoms with Crippen molar-refractivity contribution in [3.8, 4) is 12.1 Å². The number of nitrogens with zero attached hydrogens (tertiary/aromatic N) is 2. The van der Waals surface area contributed by atoms with Crippen LogP contribution in [0.5, 0.6) is 0 Å². The van der Waals surface area contributed by atoms with Gasteiger partial charge < -0.3 is 5.32 Å². The monoisotopic (exact) mass is 429 g/mol. The summed E-state index contributed by atoms with van der Waals surface area (Å²) in [5, 5.41) is 21.0. The molecule has 0 bridgehead atoms. The van der Waals surface area contributed by atoms with Crippen molar-refractivity contribution in [2.24, 2.45) is 5.92 Å². The lowest BCUT2D eigenvalue weighted by Crippen LogP contribution is -2.58. The summed E-state index contributed by atoms with van der Waals surface area (Å²) in [6.07, 6.45) is 0. The molecule has 2 aromatic carbocycles. The third-order valence-corrected chi connectivity index (χ3v) is 5.01. The predicted octanol–water partition coefficient (Wildman–Crippen LogP) is 3.82. The quantitative estimate of drug-likeness (QED) is 0.747. The average molecular weight is 430 g/mol. The standard InChI is InChI=1S/C19H10BrF2N3O2/c20-13-6-7-15-14(8-13)18(17(27)25-15,12(9-23)10-24)19(21,22)16(26)11-4-2-1-3-5-11/h1-8,12H,(H,25,27)/t18-/m1/s1. The van der Waals surface area contributed by atoms with E-state index in [1.807, 2.05) is 0 Å². The van der Waals surface area contributed by atoms with Crippen LogP contribution in [-0.4, -0.2) is 17.6 Å². The molecule has 1 atom stereocenters. The van der Waals surface area contributed by atoms with Crippen molar-refractivity contribution >= 4 is 33.3 Å². The fourth-order valence-corrected chi connectivity index (χ4v) is 3.61. The maximum absolute atomic E-state index is 15.6. The molecule has 2 aromatic rings. The van der Waals surface area contributed by atoms with Crippen LogP contribution in [0.3, 0.4) is 0 Å². The maximum atomic E-state index is 15.6. The van der Waals surface area contributed by atoms with E-state index in [2.05, 4.69) is 21.2 Å². The maximum Gasteiger partial charge on any atom is 0.330 e. The summed E-state index contributed by atoms with van der Waals surface area (Å²) >= 11 is 3.14. The van der Waals surface area contributed by atoms with E-state index in [4.69, 9.17) is 0 Å². The molecule has 0 unspecified atom stereocenters. The Morgan fingerprint density at radius 2 is 1.78 bits per heavy atom. The molecule has 0 saturated heterocycles. The Morgan fingerprint density at radius 3 is 2.37 bits per heavy atom. The lowest BCUT2D eigenvalue weighted by atomic mass is 9.65. The molecular formula is C19H10BrF2N3O2. The number of hydrogen-bond donors (Lipinski definition) is 1. The molecule has 134 valence electrons. The topological polar surface area (TPSA) is 93.8 Å². The first-order valence-corrected chi connectivity index (χ1v) is 8.48. The summed E-state index contributed by atoms with van der Waals surface area (Å²) in [6.45, 7) is 0. The Morgan fingerprint density at radius 1 is 1.15 bits per heavy atom. The van der Waals surface area contributed by atoms with Gasteiger partial charge in [-0.2, -0.15) is 19.3 Å². The summed E-state index contributed by atoms with van der Waals surface area (Å²) in [5.41, 5.74) is -3.54. The Bertz CT molecular complexity index is 1010. The number of ketones is 1. The van der Waals surface area contributed by atoms with Gasteiger partial charge in [0.15, 0.2) is 11.3 Å². The number of carbonyl (C=O) groups is 2. The summed E-state index contributed by atoms with van der Waals surface area (Å²) in [7, 11) is 0. The second-order valence-electron chi connectivity index (χ2n) is 5.91. The molecule has 0 saturated carbocycles. The number of nitriles is 2. The lowest BCUT2D eigenvalue weighted by molar-refractivity contribution is -0.134. The fraction of sp³-hybridized carbons (Fsp3) is 0.158. The van der Waals surface area contributed by atoms with E-state index in [0.717, 1.165) is 0 Å². The molecular weight excluding hydrogens is 420 g/mol. The number of Topliss-reactive ketones (excluding diaryl/α,β-unsaturated/α-hetero) is 1. The van der Waals surface area contributed by atoms with Crippen molar-refractivity contribution in [3.63, 3.8) is 0 Å². The van der Waals surface area contributed by atoms with E-state index in [9.17, 15) is 20.1 Å². The van der Waals surface area contributed by atoms with Crippen molar-refractivity contribution < 1.29 is 18.4 Å². The van der Waals surface area contributed by atoms with Crippen molar-refractivity contribution in [1.82, 2.24) is 0 Å². The molecule has 3 rings (SSSR count). The van der Waals surface area contributed by atoms with Gasteiger partial charge in [-0.25, -0.2) is 0 Å². The van der Waals surface area contributed by atoms with Crippen LogP contribution in [0.2, 0.25) is 0 Å². The summed E-state index contributed by atoms with van der Waals surface area (Å²) in [5.74, 6) is -9.34. The molecule has 0 fully saturated rings. The second-order valence-corrected chi connectivity index (χ2v) is 6.83. The summed E-state index contributed by atoms with van der Waals surface area (Å²) in [4.78, 5) is 25.4. The lowest BCUT2D eigenvalue weighted by Gasteiger charge is -2.35. The van der Waals surface area contributed by atoms with Crippen LogP contribution in [0.1, 0.15) is 15.9 Å².